The topological polar surface area (TPSA) is 158 Å². The van der Waals surface area contributed by atoms with E-state index in [9.17, 15) is 23.2 Å². The van der Waals surface area contributed by atoms with Crippen molar-refractivity contribution in [2.24, 2.45) is 0 Å². The monoisotopic (exact) mass is 1090 g/mol. The van der Waals surface area contributed by atoms with Gasteiger partial charge in [-0.15, -0.1) is 0 Å². The zero-order valence-corrected chi connectivity index (χ0v) is 44.3. The number of hydrogen-bond donors (Lipinski definition) is 1. The van der Waals surface area contributed by atoms with E-state index in [-0.39, 0.29) is 101 Å². The Labute approximate surface area is 451 Å². The predicted octanol–water partition coefficient (Wildman–Crippen LogP) is 12.0. The molecule has 3 amide bonds. The molecule has 0 radical (unpaired) electrons. The van der Waals surface area contributed by atoms with Crippen LogP contribution in [-0.4, -0.2) is 82.7 Å². The van der Waals surface area contributed by atoms with Crippen molar-refractivity contribution in [2.45, 2.75) is 71.3 Å². The number of nitrogens with zero attached hydrogens (tertiary/aromatic N) is 6. The zero-order valence-electron chi connectivity index (χ0n) is 43.5. The van der Waals surface area contributed by atoms with Crippen molar-refractivity contribution < 1.29 is 55.6 Å². The molecule has 0 bridgehead atoms. The summed E-state index contributed by atoms with van der Waals surface area (Å²) in [4.78, 5) is 60.6. The Morgan fingerprint density at radius 2 is 1.22 bits per heavy atom. The normalized spacial score (nSPS) is 15.6. The van der Waals surface area contributed by atoms with Crippen molar-refractivity contribution in [2.75, 3.05) is 44.7 Å². The lowest BCUT2D eigenvalue weighted by atomic mass is 9.82. The third-order valence-electron chi connectivity index (χ3n) is 13.8. The van der Waals surface area contributed by atoms with E-state index in [1.54, 1.807) is 68.1 Å². The Morgan fingerprint density at radius 3 is 1.78 bits per heavy atom. The number of carbonyl (C=O) groups excluding carboxylic acids is 3. The van der Waals surface area contributed by atoms with Crippen molar-refractivity contribution in [3.63, 3.8) is 0 Å². The number of methoxy groups -OCH3 is 3. The molecule has 3 aliphatic rings. The maximum absolute atomic E-state index is 15.4. The number of nitrogens with one attached hydrogen (secondary N) is 1. The average molecular weight is 1090 g/mol. The lowest BCUT2D eigenvalue weighted by Gasteiger charge is -2.27. The largest absolute Gasteiger partial charge is 0.497 e. The van der Waals surface area contributed by atoms with Gasteiger partial charge < -0.3 is 38.8 Å². The van der Waals surface area contributed by atoms with Gasteiger partial charge in [0.25, 0.3) is 11.8 Å². The Balaban J connectivity index is 0.891. The van der Waals surface area contributed by atoms with Crippen molar-refractivity contribution in [1.29, 1.82) is 0 Å². The van der Waals surface area contributed by atoms with Gasteiger partial charge in [-0.3, -0.25) is 14.5 Å². The summed E-state index contributed by atoms with van der Waals surface area (Å²) in [5.41, 5.74) is 0.749. The van der Waals surface area contributed by atoms with Gasteiger partial charge in [-0.2, -0.15) is 0 Å². The van der Waals surface area contributed by atoms with Gasteiger partial charge in [0.15, 0.2) is 0 Å². The first-order valence-corrected chi connectivity index (χ1v) is 25.1. The lowest BCUT2D eigenvalue weighted by molar-refractivity contribution is 0.0575. The van der Waals surface area contributed by atoms with Crippen LogP contribution in [0.3, 0.4) is 0 Å². The second-order valence-corrected chi connectivity index (χ2v) is 20.7. The summed E-state index contributed by atoms with van der Waals surface area (Å²) in [5.74, 6) is -1.63. The molecule has 7 aromatic rings. The molecule has 78 heavy (non-hydrogen) atoms. The van der Waals surface area contributed by atoms with E-state index < -0.39 is 52.2 Å². The van der Waals surface area contributed by atoms with E-state index in [1.165, 1.54) is 55.4 Å². The third-order valence-corrected chi connectivity index (χ3v) is 14.1. The molecule has 0 saturated heterocycles. The molecule has 3 aromatic heterocycles. The van der Waals surface area contributed by atoms with Gasteiger partial charge in [-0.05, 0) is 93.9 Å². The molecule has 1 atom stereocenters. The molecule has 0 aliphatic carbocycles. The zero-order chi connectivity index (χ0) is 55.4. The second kappa shape index (κ2) is 20.8. The van der Waals surface area contributed by atoms with E-state index in [0.29, 0.717) is 51.9 Å². The average Bonchev–Trinajstić information content (AvgIpc) is 4.24. The molecule has 1 unspecified atom stereocenters. The number of anilines is 3. The number of ether oxygens (including phenoxy) is 5. The van der Waals surface area contributed by atoms with Gasteiger partial charge >= 0.3 is 6.09 Å². The molecule has 15 nitrogen and oxygen atoms in total. The van der Waals surface area contributed by atoms with Crippen molar-refractivity contribution in [3.8, 4) is 45.5 Å². The molecule has 0 fully saturated rings. The first-order valence-electron chi connectivity index (χ1n) is 24.8. The number of aromatic nitrogens is 3. The molecular weight excluding hydrogens is 1030 g/mol. The first-order chi connectivity index (χ1) is 37.3. The summed E-state index contributed by atoms with van der Waals surface area (Å²) >= 11 is 6.54. The molecule has 0 saturated carbocycles. The SMILES string of the molecule is COc1ccc(CN2Cc3nc(-c4c(F)cccc4F)cc(Nc4ccc5c(n4)N(C(=O)OC(C)(C)C)CC5(C)CCOc4ccc(CN5Cc6nc(-c7c(F)cccc7F)cc(Cl)c6C5=O)c(OC)c4)c3C2=O)c(OC)c1. The van der Waals surface area contributed by atoms with Gasteiger partial charge in [-0.1, -0.05) is 36.7 Å². The number of rotatable bonds is 15. The minimum Gasteiger partial charge on any atom is -0.497 e. The molecule has 4 aromatic carbocycles. The first kappa shape index (κ1) is 53.0. The highest BCUT2D eigenvalue weighted by atomic mass is 35.5. The van der Waals surface area contributed by atoms with Crippen LogP contribution in [0.4, 0.5) is 39.7 Å². The number of hydrogen-bond acceptors (Lipinski definition) is 12. The van der Waals surface area contributed by atoms with Crippen LogP contribution in [-0.2, 0) is 36.3 Å². The van der Waals surface area contributed by atoms with Gasteiger partial charge in [0.05, 0.1) is 110 Å². The van der Waals surface area contributed by atoms with Crippen LogP contribution >= 0.6 is 11.6 Å². The molecule has 1 N–H and O–H groups in total. The number of amides is 3. The fraction of sp³-hybridized carbons (Fsp3) is 0.276. The molecule has 0 spiro atoms. The van der Waals surface area contributed by atoms with Crippen LogP contribution in [0.5, 0.6) is 23.0 Å². The molecule has 3 aliphatic heterocycles. The minimum atomic E-state index is -0.859. The van der Waals surface area contributed by atoms with Gasteiger partial charge in [0.1, 0.15) is 63.5 Å². The van der Waals surface area contributed by atoms with Gasteiger partial charge in [0.2, 0.25) is 0 Å². The quantitative estimate of drug-likeness (QED) is 0.0971. The number of benzene rings is 4. The van der Waals surface area contributed by atoms with Crippen molar-refractivity contribution in [1.82, 2.24) is 24.8 Å². The summed E-state index contributed by atoms with van der Waals surface area (Å²) in [6.07, 6.45) is -0.249. The van der Waals surface area contributed by atoms with Crippen LogP contribution in [0.25, 0.3) is 22.5 Å². The smallest absolute Gasteiger partial charge is 0.416 e. The van der Waals surface area contributed by atoms with Crippen LogP contribution in [0.15, 0.2) is 97.1 Å². The number of pyridine rings is 3. The standard InChI is InChI=1S/C58H52ClF4N7O8/c1-57(2,3)78-56(73)70-30-58(4,20-21-77-34-17-15-32(47(23-34)76-7)26-68-28-44-49(54(68)71)36(59)24-41(64-44)50-37(60)10-8-11-38(50)61)35-18-19-48(67-53(35)70)66-43-25-42(51-39(62)12-9-13-40(51)63)65-45-29-69(55(72)52(43)45)27-31-14-16-33(74-5)22-46(31)75-6/h8-19,22-25H,20-21,26-30H2,1-7H3,(H,65,66,67). The highest BCUT2D eigenvalue weighted by molar-refractivity contribution is 6.34. The Morgan fingerprint density at radius 1 is 0.679 bits per heavy atom. The fourth-order valence-corrected chi connectivity index (χ4v) is 10.3. The molecule has 402 valence electrons. The predicted molar refractivity (Wildman–Crippen MR) is 282 cm³/mol. The van der Waals surface area contributed by atoms with E-state index in [4.69, 9.17) is 40.3 Å². The van der Waals surface area contributed by atoms with Crippen molar-refractivity contribution >= 4 is 46.8 Å². The van der Waals surface area contributed by atoms with Crippen LogP contribution in [0.2, 0.25) is 5.02 Å². The summed E-state index contributed by atoms with van der Waals surface area (Å²) < 4.78 is 89.1. The minimum absolute atomic E-state index is 0.0120. The molecule has 10 rings (SSSR count). The maximum atomic E-state index is 15.4. The summed E-state index contributed by atoms with van der Waals surface area (Å²) in [6.45, 7) is 7.86. The van der Waals surface area contributed by atoms with E-state index in [0.717, 1.165) is 24.3 Å². The highest BCUT2D eigenvalue weighted by Crippen LogP contribution is 2.45. The Hall–Kier alpha value is -8.45. The van der Waals surface area contributed by atoms with Gasteiger partial charge in [0, 0.05) is 40.8 Å². The van der Waals surface area contributed by atoms with Crippen molar-refractivity contribution in [3.05, 3.63) is 165 Å². The highest BCUT2D eigenvalue weighted by Gasteiger charge is 2.44. The summed E-state index contributed by atoms with van der Waals surface area (Å²) in [6, 6.07) is 23.7. The third kappa shape index (κ3) is 10.2. The maximum Gasteiger partial charge on any atom is 0.416 e. The van der Waals surface area contributed by atoms with E-state index in [2.05, 4.69) is 15.3 Å². The summed E-state index contributed by atoms with van der Waals surface area (Å²) in [5, 5.41) is 3.27. The van der Waals surface area contributed by atoms with Crippen LogP contribution in [0, 0.1) is 23.3 Å². The lowest BCUT2D eigenvalue weighted by Crippen LogP contribution is -2.39. The van der Waals surface area contributed by atoms with Crippen LogP contribution < -0.4 is 29.2 Å². The molecule has 20 heteroatoms. The molecule has 6 heterocycles. The number of carbonyl (C=O) groups is 3. The summed E-state index contributed by atoms with van der Waals surface area (Å²) in [7, 11) is 4.54. The fourth-order valence-electron chi connectivity index (χ4n) is 10.0. The molecular formula is C58H52ClF4N7O8. The Kier molecular flexibility index (Phi) is 14.1. The van der Waals surface area contributed by atoms with E-state index in [1.807, 2.05) is 13.0 Å². The number of halogens is 5. The number of fused-ring (bicyclic) bond motifs is 3. The van der Waals surface area contributed by atoms with E-state index >= 15 is 8.78 Å². The Bertz CT molecular complexity index is 3540. The van der Waals surface area contributed by atoms with Crippen LogP contribution in [0.1, 0.15) is 82.9 Å². The second-order valence-electron chi connectivity index (χ2n) is 20.3. The van der Waals surface area contributed by atoms with Gasteiger partial charge in [-0.25, -0.2) is 37.3 Å².